The highest BCUT2D eigenvalue weighted by Crippen LogP contribution is 2.26. The van der Waals surface area contributed by atoms with Gasteiger partial charge < -0.3 is 10.0 Å². The predicted octanol–water partition coefficient (Wildman–Crippen LogP) is 4.84. The molecule has 0 saturated carbocycles. The molecule has 0 saturated heterocycles. The Bertz CT molecular complexity index is 941. The first-order valence-electron chi connectivity index (χ1n) is 8.00. The molecular weight excluding hydrogens is 441 g/mol. The normalized spacial score (nSPS) is 10.3. The van der Waals surface area contributed by atoms with Crippen molar-refractivity contribution in [3.8, 4) is 0 Å². The summed E-state index contributed by atoms with van der Waals surface area (Å²) in [5.41, 5.74) is 1.95. The van der Waals surface area contributed by atoms with Crippen LogP contribution in [0.1, 0.15) is 26.3 Å². The lowest BCUT2D eigenvalue weighted by Crippen LogP contribution is -2.32. The number of nitrogens with zero attached hydrogens (tertiary/aromatic N) is 1. The zero-order chi connectivity index (χ0) is 18.5. The van der Waals surface area contributed by atoms with Crippen molar-refractivity contribution >= 4 is 40.2 Å². The summed E-state index contributed by atoms with van der Waals surface area (Å²) in [6.45, 7) is 0.287. The van der Waals surface area contributed by atoms with E-state index in [0.29, 0.717) is 11.3 Å². The molecule has 0 aliphatic carbocycles. The molecule has 1 N–H and O–H groups in total. The lowest BCUT2D eigenvalue weighted by Gasteiger charge is -2.25. The van der Waals surface area contributed by atoms with Crippen LogP contribution in [0.2, 0.25) is 0 Å². The first-order valence-corrected chi connectivity index (χ1v) is 9.08. The summed E-state index contributed by atoms with van der Waals surface area (Å²) in [6.07, 6.45) is 0. The van der Waals surface area contributed by atoms with Gasteiger partial charge in [0.25, 0.3) is 5.91 Å². The van der Waals surface area contributed by atoms with Crippen molar-refractivity contribution in [3.05, 3.63) is 99.1 Å². The second-order valence-corrected chi connectivity index (χ2v) is 6.84. The average molecular weight is 457 g/mol. The van der Waals surface area contributed by atoms with Crippen LogP contribution in [0.25, 0.3) is 0 Å². The second-order valence-electron chi connectivity index (χ2n) is 5.68. The highest BCUT2D eigenvalue weighted by atomic mass is 127. The Labute approximate surface area is 165 Å². The van der Waals surface area contributed by atoms with E-state index in [1.165, 1.54) is 11.0 Å². The molecule has 3 rings (SSSR count). The molecular formula is C21H16INO3. The highest BCUT2D eigenvalue weighted by Gasteiger charge is 2.24. The SMILES string of the molecule is O=C(O)c1ccccc1N(Cc1ccccc1)C(=O)c1ccccc1I. The molecule has 3 aromatic carbocycles. The van der Waals surface area contributed by atoms with Crippen molar-refractivity contribution < 1.29 is 14.7 Å². The number of carbonyl (C=O) groups is 2. The number of hydrogen-bond acceptors (Lipinski definition) is 2. The third-order valence-corrected chi connectivity index (χ3v) is 4.90. The minimum atomic E-state index is -1.06. The van der Waals surface area contributed by atoms with Crippen LogP contribution in [0.4, 0.5) is 5.69 Å². The first kappa shape index (κ1) is 18.1. The van der Waals surface area contributed by atoms with E-state index in [-0.39, 0.29) is 18.0 Å². The van der Waals surface area contributed by atoms with Crippen molar-refractivity contribution in [2.75, 3.05) is 4.90 Å². The molecule has 0 spiro atoms. The maximum atomic E-state index is 13.3. The third-order valence-electron chi connectivity index (χ3n) is 3.96. The van der Waals surface area contributed by atoms with E-state index in [2.05, 4.69) is 22.6 Å². The van der Waals surface area contributed by atoms with Gasteiger partial charge in [0.2, 0.25) is 0 Å². The molecule has 130 valence electrons. The van der Waals surface area contributed by atoms with Crippen molar-refractivity contribution in [2.24, 2.45) is 0 Å². The molecule has 4 nitrogen and oxygen atoms in total. The lowest BCUT2D eigenvalue weighted by atomic mass is 10.1. The van der Waals surface area contributed by atoms with E-state index in [4.69, 9.17) is 0 Å². The van der Waals surface area contributed by atoms with Crippen LogP contribution in [0, 0.1) is 3.57 Å². The van der Waals surface area contributed by atoms with Crippen LogP contribution in [0.5, 0.6) is 0 Å². The number of carboxylic acid groups (broad SMARTS) is 1. The largest absolute Gasteiger partial charge is 0.478 e. The number of para-hydroxylation sites is 1. The highest BCUT2D eigenvalue weighted by molar-refractivity contribution is 14.1. The zero-order valence-electron chi connectivity index (χ0n) is 13.8. The number of aromatic carboxylic acids is 1. The van der Waals surface area contributed by atoms with Gasteiger partial charge in [-0.05, 0) is 52.4 Å². The zero-order valence-corrected chi connectivity index (χ0v) is 16.0. The summed E-state index contributed by atoms with van der Waals surface area (Å²) in [7, 11) is 0. The minimum Gasteiger partial charge on any atom is -0.478 e. The number of rotatable bonds is 5. The van der Waals surface area contributed by atoms with Gasteiger partial charge in [0.15, 0.2) is 0 Å². The number of amides is 1. The van der Waals surface area contributed by atoms with Gasteiger partial charge in [0, 0.05) is 3.57 Å². The molecule has 0 aliphatic rings. The maximum Gasteiger partial charge on any atom is 0.337 e. The Morgan fingerprint density at radius 3 is 2.04 bits per heavy atom. The van der Waals surface area contributed by atoms with Crippen LogP contribution in [0.3, 0.4) is 0 Å². The van der Waals surface area contributed by atoms with E-state index in [1.54, 1.807) is 30.3 Å². The van der Waals surface area contributed by atoms with Crippen molar-refractivity contribution in [1.29, 1.82) is 0 Å². The summed E-state index contributed by atoms with van der Waals surface area (Å²) < 4.78 is 0.820. The summed E-state index contributed by atoms with van der Waals surface area (Å²) in [5, 5.41) is 9.55. The lowest BCUT2D eigenvalue weighted by molar-refractivity contribution is 0.0697. The van der Waals surface area contributed by atoms with Gasteiger partial charge in [-0.1, -0.05) is 54.6 Å². The van der Waals surface area contributed by atoms with Gasteiger partial charge in [-0.3, -0.25) is 4.79 Å². The number of carboxylic acids is 1. The van der Waals surface area contributed by atoms with Crippen molar-refractivity contribution in [1.82, 2.24) is 0 Å². The number of hydrogen-bond donors (Lipinski definition) is 1. The van der Waals surface area contributed by atoms with Gasteiger partial charge in [-0.25, -0.2) is 4.79 Å². The Morgan fingerprint density at radius 2 is 1.38 bits per heavy atom. The van der Waals surface area contributed by atoms with Crippen molar-refractivity contribution in [3.63, 3.8) is 0 Å². The topological polar surface area (TPSA) is 57.6 Å². The van der Waals surface area contributed by atoms with Crippen LogP contribution in [-0.4, -0.2) is 17.0 Å². The van der Waals surface area contributed by atoms with E-state index in [0.717, 1.165) is 9.13 Å². The fourth-order valence-corrected chi connectivity index (χ4v) is 3.32. The molecule has 5 heteroatoms. The summed E-state index contributed by atoms with van der Waals surface area (Å²) in [5.74, 6) is -1.29. The van der Waals surface area contributed by atoms with Crippen LogP contribution in [0.15, 0.2) is 78.9 Å². The monoisotopic (exact) mass is 457 g/mol. The third kappa shape index (κ3) is 3.94. The van der Waals surface area contributed by atoms with Crippen LogP contribution in [-0.2, 0) is 6.54 Å². The number of anilines is 1. The van der Waals surface area contributed by atoms with Gasteiger partial charge in [0.1, 0.15) is 0 Å². The number of halogens is 1. The molecule has 0 atom stereocenters. The summed E-state index contributed by atoms with van der Waals surface area (Å²) in [6, 6.07) is 23.4. The fourth-order valence-electron chi connectivity index (χ4n) is 2.70. The Hall–Kier alpha value is -2.67. The Kier molecular flexibility index (Phi) is 5.68. The van der Waals surface area contributed by atoms with Crippen LogP contribution >= 0.6 is 22.6 Å². The van der Waals surface area contributed by atoms with E-state index in [1.807, 2.05) is 42.5 Å². The average Bonchev–Trinajstić information content (AvgIpc) is 2.67. The molecule has 0 fully saturated rings. The summed E-state index contributed by atoms with van der Waals surface area (Å²) >= 11 is 2.12. The van der Waals surface area contributed by atoms with E-state index < -0.39 is 5.97 Å². The molecule has 3 aromatic rings. The molecule has 0 heterocycles. The van der Waals surface area contributed by atoms with E-state index in [9.17, 15) is 14.7 Å². The summed E-state index contributed by atoms with van der Waals surface area (Å²) in [4.78, 5) is 26.5. The van der Waals surface area contributed by atoms with Gasteiger partial charge in [-0.2, -0.15) is 0 Å². The molecule has 26 heavy (non-hydrogen) atoms. The van der Waals surface area contributed by atoms with Crippen molar-refractivity contribution in [2.45, 2.75) is 6.54 Å². The minimum absolute atomic E-state index is 0.0997. The van der Waals surface area contributed by atoms with E-state index >= 15 is 0 Å². The quantitative estimate of drug-likeness (QED) is 0.559. The number of carbonyl (C=O) groups excluding carboxylic acids is 1. The molecule has 0 aromatic heterocycles. The fraction of sp³-hybridized carbons (Fsp3) is 0.0476. The van der Waals surface area contributed by atoms with Gasteiger partial charge >= 0.3 is 5.97 Å². The Balaban J connectivity index is 2.10. The van der Waals surface area contributed by atoms with Gasteiger partial charge in [0.05, 0.1) is 23.4 Å². The smallest absolute Gasteiger partial charge is 0.337 e. The maximum absolute atomic E-state index is 13.3. The van der Waals surface area contributed by atoms with Crippen LogP contribution < -0.4 is 4.90 Å². The molecule has 0 radical (unpaired) electrons. The molecule has 0 unspecified atom stereocenters. The first-order chi connectivity index (χ1) is 12.6. The standard InChI is InChI=1S/C21H16INO3/c22-18-12-6-4-10-16(18)20(24)23(14-15-8-2-1-3-9-15)19-13-7-5-11-17(19)21(25)26/h1-13H,14H2,(H,25,26). The predicted molar refractivity (Wildman–Crippen MR) is 110 cm³/mol. The molecule has 0 aliphatic heterocycles. The number of benzene rings is 3. The van der Waals surface area contributed by atoms with Gasteiger partial charge in [-0.15, -0.1) is 0 Å². The molecule has 0 bridgehead atoms. The Morgan fingerprint density at radius 1 is 0.808 bits per heavy atom. The molecule has 1 amide bonds. The second kappa shape index (κ2) is 8.14.